The molecule has 2 aliphatic heterocycles. The molecule has 0 unspecified atom stereocenters. The number of para-hydroxylation sites is 1. The van der Waals surface area contributed by atoms with Gasteiger partial charge in [0.1, 0.15) is 0 Å². The van der Waals surface area contributed by atoms with Crippen molar-refractivity contribution in [2.75, 3.05) is 60.1 Å². The van der Waals surface area contributed by atoms with Crippen LogP contribution in [0.15, 0.2) is 29.5 Å². The highest BCUT2D eigenvalue weighted by molar-refractivity contribution is 5.95. The number of esters is 1. The van der Waals surface area contributed by atoms with Gasteiger partial charge in [0.05, 0.1) is 32.4 Å². The van der Waals surface area contributed by atoms with Crippen molar-refractivity contribution in [3.8, 4) is 11.5 Å². The molecule has 2 heterocycles. The van der Waals surface area contributed by atoms with Crippen LogP contribution in [-0.2, 0) is 9.53 Å². The molecular formula is C23H34N4O5. The van der Waals surface area contributed by atoms with Gasteiger partial charge in [0.25, 0.3) is 0 Å². The standard InChI is InChI=1S/C23H34N4O5/c1-5-10-26-11-13-27(14-12-26)15-17-19(22(28)32-6-2)20(25-23(29)24-17)16-8-7-9-18(30-3)21(16)31-4/h7-9,20H,5-6,10-15H2,1-4H3,(H2,24,25,29)/t20-/m1/s1. The van der Waals surface area contributed by atoms with Crippen LogP contribution in [0.1, 0.15) is 31.9 Å². The van der Waals surface area contributed by atoms with Gasteiger partial charge < -0.3 is 29.7 Å². The maximum atomic E-state index is 13.1. The number of rotatable bonds is 9. The lowest BCUT2D eigenvalue weighted by Crippen LogP contribution is -2.51. The second kappa shape index (κ2) is 11.2. The molecule has 1 saturated heterocycles. The number of nitrogens with zero attached hydrogens (tertiary/aromatic N) is 2. The summed E-state index contributed by atoms with van der Waals surface area (Å²) in [5, 5.41) is 5.72. The number of amides is 2. The molecule has 0 bridgehead atoms. The zero-order valence-corrected chi connectivity index (χ0v) is 19.4. The van der Waals surface area contributed by atoms with E-state index in [9.17, 15) is 9.59 Å². The first-order chi connectivity index (χ1) is 15.5. The molecule has 1 aromatic rings. The smallest absolute Gasteiger partial charge is 0.338 e. The highest BCUT2D eigenvalue weighted by atomic mass is 16.5. The van der Waals surface area contributed by atoms with Gasteiger partial charge >= 0.3 is 12.0 Å². The Morgan fingerprint density at radius 3 is 2.44 bits per heavy atom. The number of hydrogen-bond acceptors (Lipinski definition) is 7. The Labute approximate surface area is 189 Å². The van der Waals surface area contributed by atoms with E-state index in [-0.39, 0.29) is 12.6 Å². The quantitative estimate of drug-likeness (QED) is 0.560. The largest absolute Gasteiger partial charge is 0.493 e. The average Bonchev–Trinajstić information content (AvgIpc) is 2.79. The van der Waals surface area contributed by atoms with E-state index in [1.54, 1.807) is 26.2 Å². The fraction of sp³-hybridized carbons (Fsp3) is 0.565. The monoisotopic (exact) mass is 446 g/mol. The van der Waals surface area contributed by atoms with Crippen LogP contribution >= 0.6 is 0 Å². The van der Waals surface area contributed by atoms with E-state index >= 15 is 0 Å². The van der Waals surface area contributed by atoms with Gasteiger partial charge in [0.15, 0.2) is 11.5 Å². The Balaban J connectivity index is 1.96. The van der Waals surface area contributed by atoms with Crippen molar-refractivity contribution in [1.29, 1.82) is 0 Å². The minimum atomic E-state index is -0.718. The molecule has 2 aliphatic rings. The molecule has 0 aliphatic carbocycles. The van der Waals surface area contributed by atoms with E-state index in [4.69, 9.17) is 14.2 Å². The lowest BCUT2D eigenvalue weighted by Gasteiger charge is -2.37. The molecule has 32 heavy (non-hydrogen) atoms. The highest BCUT2D eigenvalue weighted by Crippen LogP contribution is 2.39. The molecule has 176 valence electrons. The molecule has 9 nitrogen and oxygen atoms in total. The van der Waals surface area contributed by atoms with Gasteiger partial charge in [-0.3, -0.25) is 4.90 Å². The van der Waals surface area contributed by atoms with E-state index in [1.807, 2.05) is 6.07 Å². The minimum Gasteiger partial charge on any atom is -0.493 e. The molecule has 1 aromatic carbocycles. The lowest BCUT2D eigenvalue weighted by molar-refractivity contribution is -0.139. The van der Waals surface area contributed by atoms with Crippen LogP contribution in [0, 0.1) is 0 Å². The Bertz CT molecular complexity index is 849. The van der Waals surface area contributed by atoms with Crippen molar-refractivity contribution in [3.63, 3.8) is 0 Å². The Morgan fingerprint density at radius 2 is 1.81 bits per heavy atom. The molecule has 0 saturated carbocycles. The number of carbonyl (C=O) groups excluding carboxylic acids is 2. The third-order valence-corrected chi connectivity index (χ3v) is 5.78. The van der Waals surface area contributed by atoms with Crippen molar-refractivity contribution in [1.82, 2.24) is 20.4 Å². The van der Waals surface area contributed by atoms with Crippen LogP contribution in [-0.4, -0.2) is 81.9 Å². The molecule has 1 atom stereocenters. The van der Waals surface area contributed by atoms with Gasteiger partial charge in [-0.25, -0.2) is 9.59 Å². The predicted molar refractivity (Wildman–Crippen MR) is 121 cm³/mol. The molecule has 3 rings (SSSR count). The maximum Gasteiger partial charge on any atom is 0.338 e. The number of piperazine rings is 1. The number of hydrogen-bond donors (Lipinski definition) is 2. The van der Waals surface area contributed by atoms with E-state index in [0.29, 0.717) is 34.9 Å². The molecule has 1 fully saturated rings. The second-order valence-electron chi connectivity index (χ2n) is 7.84. The number of ether oxygens (including phenoxy) is 3. The number of urea groups is 1. The summed E-state index contributed by atoms with van der Waals surface area (Å²) < 4.78 is 16.4. The zero-order chi connectivity index (χ0) is 23.1. The molecule has 0 aromatic heterocycles. The Hall–Kier alpha value is -2.78. The third-order valence-electron chi connectivity index (χ3n) is 5.78. The molecule has 9 heteroatoms. The van der Waals surface area contributed by atoms with Gasteiger partial charge in [-0.2, -0.15) is 0 Å². The van der Waals surface area contributed by atoms with E-state index in [1.165, 1.54) is 7.11 Å². The predicted octanol–water partition coefficient (Wildman–Crippen LogP) is 1.90. The molecule has 0 spiro atoms. The SMILES string of the molecule is CCCN1CCN(CC2=C(C(=O)OCC)[C@@H](c3cccc(OC)c3OC)NC(=O)N2)CC1. The van der Waals surface area contributed by atoms with Crippen LogP contribution in [0.4, 0.5) is 4.79 Å². The molecule has 2 N–H and O–H groups in total. The summed E-state index contributed by atoms with van der Waals surface area (Å²) in [6.07, 6.45) is 1.13. The summed E-state index contributed by atoms with van der Waals surface area (Å²) in [7, 11) is 3.09. The van der Waals surface area contributed by atoms with Crippen molar-refractivity contribution >= 4 is 12.0 Å². The third kappa shape index (κ3) is 5.34. The van der Waals surface area contributed by atoms with E-state index < -0.39 is 12.0 Å². The number of nitrogens with one attached hydrogen (secondary N) is 2. The number of carbonyl (C=O) groups is 2. The van der Waals surface area contributed by atoms with Gasteiger partial charge in [0.2, 0.25) is 0 Å². The maximum absolute atomic E-state index is 13.1. The Morgan fingerprint density at radius 1 is 1.09 bits per heavy atom. The van der Waals surface area contributed by atoms with Crippen molar-refractivity contribution in [2.24, 2.45) is 0 Å². The van der Waals surface area contributed by atoms with Gasteiger partial charge in [-0.05, 0) is 26.0 Å². The van der Waals surface area contributed by atoms with Gasteiger partial charge in [-0.15, -0.1) is 0 Å². The first-order valence-electron chi connectivity index (χ1n) is 11.2. The summed E-state index contributed by atoms with van der Waals surface area (Å²) in [5.41, 5.74) is 1.58. The van der Waals surface area contributed by atoms with Gasteiger partial charge in [-0.1, -0.05) is 19.1 Å². The first kappa shape index (κ1) is 23.9. The fourth-order valence-corrected chi connectivity index (χ4v) is 4.28. The summed E-state index contributed by atoms with van der Waals surface area (Å²) >= 11 is 0. The Kier molecular flexibility index (Phi) is 8.35. The van der Waals surface area contributed by atoms with Gasteiger partial charge in [0, 0.05) is 44.0 Å². The molecular weight excluding hydrogens is 412 g/mol. The van der Waals surface area contributed by atoms with Crippen LogP contribution < -0.4 is 20.1 Å². The molecule has 0 radical (unpaired) electrons. The van der Waals surface area contributed by atoms with E-state index in [0.717, 1.165) is 39.1 Å². The van der Waals surface area contributed by atoms with Crippen molar-refractivity contribution in [3.05, 3.63) is 35.0 Å². The fourth-order valence-electron chi connectivity index (χ4n) is 4.28. The number of benzene rings is 1. The van der Waals surface area contributed by atoms with Crippen molar-refractivity contribution < 1.29 is 23.8 Å². The van der Waals surface area contributed by atoms with Crippen LogP contribution in [0.5, 0.6) is 11.5 Å². The number of methoxy groups -OCH3 is 2. The summed E-state index contributed by atoms with van der Waals surface area (Å²) in [5.74, 6) is 0.528. The molecule has 2 amide bonds. The summed E-state index contributed by atoms with van der Waals surface area (Å²) in [4.78, 5) is 30.4. The van der Waals surface area contributed by atoms with Crippen LogP contribution in [0.25, 0.3) is 0 Å². The lowest BCUT2D eigenvalue weighted by atomic mass is 9.93. The summed E-state index contributed by atoms with van der Waals surface area (Å²) in [6.45, 7) is 9.41. The van der Waals surface area contributed by atoms with Crippen LogP contribution in [0.3, 0.4) is 0 Å². The second-order valence-corrected chi connectivity index (χ2v) is 7.84. The zero-order valence-electron chi connectivity index (χ0n) is 19.4. The average molecular weight is 447 g/mol. The highest BCUT2D eigenvalue weighted by Gasteiger charge is 2.36. The topological polar surface area (TPSA) is 92.4 Å². The normalized spacial score (nSPS) is 19.9. The summed E-state index contributed by atoms with van der Waals surface area (Å²) in [6, 6.07) is 4.31. The minimum absolute atomic E-state index is 0.237. The van der Waals surface area contributed by atoms with E-state index in [2.05, 4.69) is 27.4 Å². The first-order valence-corrected chi connectivity index (χ1v) is 11.2. The van der Waals surface area contributed by atoms with Crippen molar-refractivity contribution in [2.45, 2.75) is 26.3 Å². The van der Waals surface area contributed by atoms with Crippen LogP contribution in [0.2, 0.25) is 0 Å².